The Morgan fingerprint density at radius 1 is 0.964 bits per heavy atom. The van der Waals surface area contributed by atoms with Crippen LogP contribution in [0.1, 0.15) is 20.7 Å². The van der Waals surface area contributed by atoms with E-state index in [2.05, 4.69) is 15.7 Å². The van der Waals surface area contributed by atoms with Crippen molar-refractivity contribution in [2.75, 3.05) is 17.7 Å². The first-order chi connectivity index (χ1) is 13.4. The fraction of sp³-hybridized carbons (Fsp3) is 0.105. The predicted molar refractivity (Wildman–Crippen MR) is 98.5 cm³/mol. The summed E-state index contributed by atoms with van der Waals surface area (Å²) in [7, 11) is 3.08. The van der Waals surface area contributed by atoms with Gasteiger partial charge in [-0.25, -0.2) is 8.78 Å². The number of benzene rings is 2. The third-order valence-electron chi connectivity index (χ3n) is 3.82. The minimum absolute atomic E-state index is 0.130. The lowest BCUT2D eigenvalue weighted by Crippen LogP contribution is -2.14. The number of amides is 2. The summed E-state index contributed by atoms with van der Waals surface area (Å²) in [6.45, 7) is 0. The van der Waals surface area contributed by atoms with Gasteiger partial charge in [-0.2, -0.15) is 0 Å². The van der Waals surface area contributed by atoms with Crippen LogP contribution in [0.5, 0.6) is 5.88 Å². The Morgan fingerprint density at radius 3 is 2.25 bits per heavy atom. The Bertz CT molecular complexity index is 1030. The maximum absolute atomic E-state index is 13.2. The van der Waals surface area contributed by atoms with Crippen LogP contribution in [0.15, 0.2) is 48.7 Å². The summed E-state index contributed by atoms with van der Waals surface area (Å²) in [5.41, 5.74) is 1.14. The second kappa shape index (κ2) is 7.87. The third kappa shape index (κ3) is 4.14. The first kappa shape index (κ1) is 19.0. The third-order valence-corrected chi connectivity index (χ3v) is 3.82. The number of hydrogen-bond acceptors (Lipinski definition) is 4. The van der Waals surface area contributed by atoms with Gasteiger partial charge in [-0.15, -0.1) is 5.10 Å². The van der Waals surface area contributed by atoms with Crippen molar-refractivity contribution in [2.24, 2.45) is 7.05 Å². The molecule has 2 aromatic carbocycles. The maximum atomic E-state index is 13.2. The number of ether oxygens (including phenoxy) is 1. The van der Waals surface area contributed by atoms with E-state index < -0.39 is 23.4 Å². The van der Waals surface area contributed by atoms with Crippen molar-refractivity contribution >= 4 is 23.2 Å². The topological polar surface area (TPSA) is 85.2 Å². The standard InChI is InChI=1S/C19H16F2N4O3/c1-25-10-14(19(24-25)28-2)18(27)22-12-5-3-11(4-6-12)17(26)23-13-7-8-15(20)16(21)9-13/h3-10H,1-2H3,(H,22,27)(H,23,26). The van der Waals surface area contributed by atoms with Gasteiger partial charge in [-0.05, 0) is 36.4 Å². The molecule has 0 radical (unpaired) electrons. The van der Waals surface area contributed by atoms with Crippen molar-refractivity contribution in [1.82, 2.24) is 9.78 Å². The lowest BCUT2D eigenvalue weighted by Gasteiger charge is -2.08. The van der Waals surface area contributed by atoms with Crippen molar-refractivity contribution in [1.29, 1.82) is 0 Å². The zero-order chi connectivity index (χ0) is 20.3. The van der Waals surface area contributed by atoms with Gasteiger partial charge < -0.3 is 15.4 Å². The molecule has 0 fully saturated rings. The summed E-state index contributed by atoms with van der Waals surface area (Å²) in [5, 5.41) is 9.16. The molecule has 0 aliphatic heterocycles. The van der Waals surface area contributed by atoms with Gasteiger partial charge in [-0.3, -0.25) is 14.3 Å². The summed E-state index contributed by atoms with van der Waals surface area (Å²) < 4.78 is 32.7. The average molecular weight is 386 g/mol. The first-order valence-corrected chi connectivity index (χ1v) is 8.13. The van der Waals surface area contributed by atoms with Crippen LogP contribution in [0, 0.1) is 11.6 Å². The Hall–Kier alpha value is -3.75. The van der Waals surface area contributed by atoms with Crippen LogP contribution in [0.2, 0.25) is 0 Å². The molecule has 7 nitrogen and oxygen atoms in total. The van der Waals surface area contributed by atoms with Gasteiger partial charge in [0.05, 0.1) is 7.11 Å². The smallest absolute Gasteiger partial charge is 0.262 e. The van der Waals surface area contributed by atoms with Gasteiger partial charge in [0.15, 0.2) is 11.6 Å². The van der Waals surface area contributed by atoms with Crippen LogP contribution in [0.4, 0.5) is 20.2 Å². The molecule has 0 saturated heterocycles. The van der Waals surface area contributed by atoms with E-state index in [1.54, 1.807) is 19.2 Å². The summed E-state index contributed by atoms with van der Waals surface area (Å²) in [4.78, 5) is 24.5. The van der Waals surface area contributed by atoms with E-state index in [9.17, 15) is 18.4 Å². The molecule has 3 aromatic rings. The molecule has 0 atom stereocenters. The highest BCUT2D eigenvalue weighted by Crippen LogP contribution is 2.19. The van der Waals surface area contributed by atoms with Gasteiger partial charge in [0, 0.05) is 36.2 Å². The highest BCUT2D eigenvalue weighted by atomic mass is 19.2. The molecule has 0 aliphatic rings. The van der Waals surface area contributed by atoms with E-state index in [1.165, 1.54) is 36.2 Å². The number of methoxy groups -OCH3 is 1. The Morgan fingerprint density at radius 2 is 1.61 bits per heavy atom. The normalized spacial score (nSPS) is 10.4. The lowest BCUT2D eigenvalue weighted by molar-refractivity contribution is 0.101. The molecule has 0 unspecified atom stereocenters. The van der Waals surface area contributed by atoms with Gasteiger partial charge in [-0.1, -0.05) is 0 Å². The van der Waals surface area contributed by atoms with Crippen molar-refractivity contribution in [3.63, 3.8) is 0 Å². The molecule has 0 spiro atoms. The quantitative estimate of drug-likeness (QED) is 0.705. The largest absolute Gasteiger partial charge is 0.479 e. The number of nitrogens with zero attached hydrogens (tertiary/aromatic N) is 2. The number of anilines is 2. The van der Waals surface area contributed by atoms with Crippen molar-refractivity contribution < 1.29 is 23.1 Å². The molecule has 1 aromatic heterocycles. The van der Waals surface area contributed by atoms with E-state index >= 15 is 0 Å². The van der Waals surface area contributed by atoms with Crippen molar-refractivity contribution in [3.05, 3.63) is 71.4 Å². The van der Waals surface area contributed by atoms with E-state index in [0.717, 1.165) is 12.1 Å². The van der Waals surface area contributed by atoms with E-state index in [1.807, 2.05) is 0 Å². The lowest BCUT2D eigenvalue weighted by atomic mass is 10.2. The number of aryl methyl sites for hydroxylation is 1. The van der Waals surface area contributed by atoms with E-state index in [0.29, 0.717) is 5.69 Å². The monoisotopic (exact) mass is 386 g/mol. The Kier molecular flexibility index (Phi) is 5.35. The highest BCUT2D eigenvalue weighted by Gasteiger charge is 2.16. The summed E-state index contributed by atoms with van der Waals surface area (Å²) in [6.07, 6.45) is 1.53. The highest BCUT2D eigenvalue weighted by molar-refractivity contribution is 6.07. The van der Waals surface area contributed by atoms with E-state index in [-0.39, 0.29) is 22.7 Å². The second-order valence-corrected chi connectivity index (χ2v) is 5.84. The SMILES string of the molecule is COc1nn(C)cc1C(=O)Nc1ccc(C(=O)Nc2ccc(F)c(F)c2)cc1. The molecule has 1 heterocycles. The number of carbonyl (C=O) groups excluding carboxylic acids is 2. The Labute approximate surface area is 158 Å². The summed E-state index contributed by atoms with van der Waals surface area (Å²) in [5.74, 6) is -2.77. The number of rotatable bonds is 5. The zero-order valence-electron chi connectivity index (χ0n) is 15.0. The van der Waals surface area contributed by atoms with Gasteiger partial charge in [0.25, 0.3) is 11.8 Å². The van der Waals surface area contributed by atoms with E-state index in [4.69, 9.17) is 4.74 Å². The van der Waals surface area contributed by atoms with Crippen LogP contribution in [0.3, 0.4) is 0 Å². The fourth-order valence-corrected chi connectivity index (χ4v) is 2.46. The van der Waals surface area contributed by atoms with Crippen molar-refractivity contribution in [3.8, 4) is 5.88 Å². The molecule has 9 heteroatoms. The van der Waals surface area contributed by atoms with Crippen LogP contribution in [0.25, 0.3) is 0 Å². The van der Waals surface area contributed by atoms with Gasteiger partial charge in [0.2, 0.25) is 5.88 Å². The molecule has 28 heavy (non-hydrogen) atoms. The van der Waals surface area contributed by atoms with Crippen LogP contribution in [-0.4, -0.2) is 28.7 Å². The fourth-order valence-electron chi connectivity index (χ4n) is 2.46. The predicted octanol–water partition coefficient (Wildman–Crippen LogP) is 3.21. The minimum atomic E-state index is -1.05. The number of nitrogens with one attached hydrogen (secondary N) is 2. The summed E-state index contributed by atoms with van der Waals surface area (Å²) >= 11 is 0. The van der Waals surface area contributed by atoms with Crippen LogP contribution in [-0.2, 0) is 7.05 Å². The molecule has 3 rings (SSSR count). The molecular weight excluding hydrogens is 370 g/mol. The molecule has 0 bridgehead atoms. The zero-order valence-corrected chi connectivity index (χ0v) is 15.0. The van der Waals surface area contributed by atoms with Crippen LogP contribution >= 0.6 is 0 Å². The average Bonchev–Trinajstić information content (AvgIpc) is 3.06. The molecule has 0 aliphatic carbocycles. The van der Waals surface area contributed by atoms with Gasteiger partial charge in [0.1, 0.15) is 5.56 Å². The number of hydrogen-bond donors (Lipinski definition) is 2. The maximum Gasteiger partial charge on any atom is 0.262 e. The molecule has 2 N–H and O–H groups in total. The molecule has 0 saturated carbocycles. The van der Waals surface area contributed by atoms with Crippen LogP contribution < -0.4 is 15.4 Å². The number of aromatic nitrogens is 2. The van der Waals surface area contributed by atoms with Crippen molar-refractivity contribution in [2.45, 2.75) is 0 Å². The summed E-state index contributed by atoms with van der Waals surface area (Å²) in [6, 6.07) is 9.14. The molecule has 2 amide bonds. The number of halogens is 2. The number of carbonyl (C=O) groups is 2. The van der Waals surface area contributed by atoms with Gasteiger partial charge >= 0.3 is 0 Å². The second-order valence-electron chi connectivity index (χ2n) is 5.84. The first-order valence-electron chi connectivity index (χ1n) is 8.13. The molecular formula is C19H16F2N4O3. The Balaban J connectivity index is 1.68. The molecule has 144 valence electrons. The minimum Gasteiger partial charge on any atom is -0.479 e.